The van der Waals surface area contributed by atoms with Gasteiger partial charge in [0.1, 0.15) is 16.5 Å². The first kappa shape index (κ1) is 15.7. The van der Waals surface area contributed by atoms with Crippen LogP contribution in [0.15, 0.2) is 23.1 Å². The highest BCUT2D eigenvalue weighted by Gasteiger charge is 2.36. The summed E-state index contributed by atoms with van der Waals surface area (Å²) in [6.07, 6.45) is 4.03. The van der Waals surface area contributed by atoms with E-state index in [1.54, 1.807) is 0 Å². The lowest BCUT2D eigenvalue weighted by atomic mass is 9.84. The van der Waals surface area contributed by atoms with Crippen LogP contribution in [0.1, 0.15) is 32.1 Å². The van der Waals surface area contributed by atoms with Crippen LogP contribution in [0, 0.1) is 11.6 Å². The number of benzene rings is 1. The second kappa shape index (κ2) is 5.95. The Balaban J connectivity index is 2.30. The molecule has 1 aliphatic carbocycles. The van der Waals surface area contributed by atoms with Gasteiger partial charge in [-0.1, -0.05) is 19.3 Å². The van der Waals surface area contributed by atoms with Crippen LogP contribution in [0.5, 0.6) is 0 Å². The number of sulfonamides is 1. The number of alkyl halides is 1. The van der Waals surface area contributed by atoms with Gasteiger partial charge in [-0.2, -0.15) is 0 Å². The van der Waals surface area contributed by atoms with Crippen molar-refractivity contribution in [3.63, 3.8) is 0 Å². The van der Waals surface area contributed by atoms with Crippen LogP contribution in [0.2, 0.25) is 0 Å². The van der Waals surface area contributed by atoms with Gasteiger partial charge in [0.15, 0.2) is 0 Å². The number of rotatable bonds is 4. The topological polar surface area (TPSA) is 46.2 Å². The smallest absolute Gasteiger partial charge is 0.207 e. The molecule has 1 fully saturated rings. The third-order valence-corrected chi connectivity index (χ3v) is 5.72. The Morgan fingerprint density at radius 1 is 1.20 bits per heavy atom. The number of nitrogens with one attached hydrogen (secondary N) is 1. The average Bonchev–Trinajstić information content (AvgIpc) is 2.38. The minimum absolute atomic E-state index is 0.134. The highest BCUT2D eigenvalue weighted by Crippen LogP contribution is 2.31. The molecule has 1 aromatic rings. The summed E-state index contributed by atoms with van der Waals surface area (Å²) in [6, 6.07) is 2.41. The highest BCUT2D eigenvalue weighted by atomic mass is 35.5. The van der Waals surface area contributed by atoms with Gasteiger partial charge in [0.05, 0.1) is 0 Å². The lowest BCUT2D eigenvalue weighted by Gasteiger charge is -2.36. The zero-order valence-electron chi connectivity index (χ0n) is 10.8. The van der Waals surface area contributed by atoms with Crippen molar-refractivity contribution in [2.45, 2.75) is 42.5 Å². The van der Waals surface area contributed by atoms with E-state index in [-0.39, 0.29) is 5.88 Å². The van der Waals surface area contributed by atoms with E-state index in [0.717, 1.165) is 31.4 Å². The van der Waals surface area contributed by atoms with Gasteiger partial charge in [-0.05, 0) is 25.0 Å². The second-order valence-corrected chi connectivity index (χ2v) is 7.07. The normalized spacial score (nSPS) is 18.9. The van der Waals surface area contributed by atoms with E-state index in [0.29, 0.717) is 18.9 Å². The minimum Gasteiger partial charge on any atom is -0.207 e. The largest absolute Gasteiger partial charge is 0.244 e. The predicted molar refractivity (Wildman–Crippen MR) is 73.2 cm³/mol. The summed E-state index contributed by atoms with van der Waals surface area (Å²) >= 11 is 5.91. The zero-order valence-corrected chi connectivity index (χ0v) is 12.4. The van der Waals surface area contributed by atoms with Gasteiger partial charge in [-0.25, -0.2) is 21.9 Å². The molecule has 3 nitrogen and oxygen atoms in total. The Kier molecular flexibility index (Phi) is 4.66. The van der Waals surface area contributed by atoms with Crippen LogP contribution < -0.4 is 4.72 Å². The van der Waals surface area contributed by atoms with E-state index < -0.39 is 32.1 Å². The van der Waals surface area contributed by atoms with E-state index in [9.17, 15) is 17.2 Å². The Labute approximate surface area is 122 Å². The molecule has 0 bridgehead atoms. The maximum atomic E-state index is 13.6. The van der Waals surface area contributed by atoms with E-state index in [1.807, 2.05) is 0 Å². The molecule has 20 heavy (non-hydrogen) atoms. The number of halogens is 3. The van der Waals surface area contributed by atoms with Gasteiger partial charge in [0.25, 0.3) is 0 Å². The van der Waals surface area contributed by atoms with Crippen LogP contribution in [-0.4, -0.2) is 19.8 Å². The third kappa shape index (κ3) is 3.30. The second-order valence-electron chi connectivity index (χ2n) is 5.15. The highest BCUT2D eigenvalue weighted by molar-refractivity contribution is 7.89. The molecule has 2 rings (SSSR count). The quantitative estimate of drug-likeness (QED) is 0.865. The van der Waals surface area contributed by atoms with Gasteiger partial charge in [-0.3, -0.25) is 0 Å². The first-order valence-electron chi connectivity index (χ1n) is 6.44. The maximum absolute atomic E-state index is 13.6. The van der Waals surface area contributed by atoms with Crippen LogP contribution in [0.25, 0.3) is 0 Å². The van der Waals surface area contributed by atoms with E-state index in [4.69, 9.17) is 11.6 Å². The third-order valence-electron chi connectivity index (χ3n) is 3.60. The summed E-state index contributed by atoms with van der Waals surface area (Å²) in [4.78, 5) is -0.547. The van der Waals surface area contributed by atoms with Crippen molar-refractivity contribution in [3.8, 4) is 0 Å². The van der Waals surface area contributed by atoms with Crippen molar-refractivity contribution in [1.29, 1.82) is 0 Å². The summed E-state index contributed by atoms with van der Waals surface area (Å²) < 4.78 is 53.5. The standard InChI is InChI=1S/C13H16ClF2NO2S/c14-9-13(6-2-1-3-7-13)17-20(18,19)12-5-4-10(15)8-11(12)16/h4-5,8,17H,1-3,6-7,9H2. The molecule has 0 heterocycles. The summed E-state index contributed by atoms with van der Waals surface area (Å²) in [5.74, 6) is -1.78. The summed E-state index contributed by atoms with van der Waals surface area (Å²) in [5.41, 5.74) is -0.737. The van der Waals surface area contributed by atoms with Crippen molar-refractivity contribution in [3.05, 3.63) is 29.8 Å². The van der Waals surface area contributed by atoms with Crippen LogP contribution >= 0.6 is 11.6 Å². The lowest BCUT2D eigenvalue weighted by Crippen LogP contribution is -2.51. The molecule has 0 spiro atoms. The summed E-state index contributed by atoms with van der Waals surface area (Å²) in [7, 11) is -4.05. The van der Waals surface area contributed by atoms with Gasteiger partial charge in [-0.15, -0.1) is 11.6 Å². The van der Waals surface area contributed by atoms with Gasteiger partial charge in [0.2, 0.25) is 10.0 Å². The van der Waals surface area contributed by atoms with Crippen molar-refractivity contribution < 1.29 is 17.2 Å². The maximum Gasteiger partial charge on any atom is 0.244 e. The van der Waals surface area contributed by atoms with Crippen LogP contribution in [0.3, 0.4) is 0 Å². The number of hydrogen-bond acceptors (Lipinski definition) is 2. The van der Waals surface area contributed by atoms with Crippen molar-refractivity contribution in [1.82, 2.24) is 4.72 Å². The lowest BCUT2D eigenvalue weighted by molar-refractivity contribution is 0.297. The van der Waals surface area contributed by atoms with Crippen LogP contribution in [0.4, 0.5) is 8.78 Å². The fourth-order valence-electron chi connectivity index (χ4n) is 2.52. The zero-order chi connectivity index (χ0) is 14.8. The van der Waals surface area contributed by atoms with Crippen LogP contribution in [-0.2, 0) is 10.0 Å². The molecule has 7 heteroatoms. The Hall–Kier alpha value is -0.720. The Morgan fingerprint density at radius 2 is 1.85 bits per heavy atom. The molecule has 1 aliphatic rings. The molecular formula is C13H16ClF2NO2S. The molecule has 1 aromatic carbocycles. The SMILES string of the molecule is O=S(=O)(NC1(CCl)CCCCC1)c1ccc(F)cc1F. The fourth-order valence-corrected chi connectivity index (χ4v) is 4.46. The molecule has 0 saturated heterocycles. The predicted octanol–water partition coefficient (Wildman–Crippen LogP) is 3.18. The minimum atomic E-state index is -4.05. The van der Waals surface area contributed by atoms with Crippen molar-refractivity contribution >= 4 is 21.6 Å². The first-order valence-corrected chi connectivity index (χ1v) is 8.45. The monoisotopic (exact) mass is 323 g/mol. The molecule has 1 N–H and O–H groups in total. The molecule has 0 unspecified atom stereocenters. The average molecular weight is 324 g/mol. The van der Waals surface area contributed by atoms with E-state index in [1.165, 1.54) is 0 Å². The van der Waals surface area contributed by atoms with Crippen molar-refractivity contribution in [2.75, 3.05) is 5.88 Å². The molecular weight excluding hydrogens is 308 g/mol. The van der Waals surface area contributed by atoms with Gasteiger partial charge in [0, 0.05) is 17.5 Å². The van der Waals surface area contributed by atoms with Crippen molar-refractivity contribution in [2.24, 2.45) is 0 Å². The first-order chi connectivity index (χ1) is 9.38. The van der Waals surface area contributed by atoms with E-state index >= 15 is 0 Å². The molecule has 1 saturated carbocycles. The fraction of sp³-hybridized carbons (Fsp3) is 0.538. The molecule has 112 valence electrons. The molecule has 0 atom stereocenters. The van der Waals surface area contributed by atoms with E-state index in [2.05, 4.69) is 4.72 Å². The number of hydrogen-bond donors (Lipinski definition) is 1. The summed E-state index contributed by atoms with van der Waals surface area (Å²) in [6.45, 7) is 0. The molecule has 0 aromatic heterocycles. The molecule has 0 radical (unpaired) electrons. The van der Waals surface area contributed by atoms with Gasteiger partial charge < -0.3 is 0 Å². The molecule has 0 amide bonds. The Bertz CT molecular complexity index is 586. The summed E-state index contributed by atoms with van der Waals surface area (Å²) in [5, 5.41) is 0. The Morgan fingerprint density at radius 3 is 2.40 bits per heavy atom. The molecule has 0 aliphatic heterocycles. The van der Waals surface area contributed by atoms with Gasteiger partial charge >= 0.3 is 0 Å².